The number of alkyl halides is 3. The van der Waals surface area contributed by atoms with Crippen LogP contribution in [0.5, 0.6) is 0 Å². The monoisotopic (exact) mass is 454 g/mol. The summed E-state index contributed by atoms with van der Waals surface area (Å²) < 4.78 is 39.9. The lowest BCUT2D eigenvalue weighted by molar-refractivity contribution is -0.325. The van der Waals surface area contributed by atoms with E-state index < -0.39 is 13.0 Å². The highest BCUT2D eigenvalue weighted by molar-refractivity contribution is 5.85. The van der Waals surface area contributed by atoms with Crippen molar-refractivity contribution >= 4 is 22.8 Å². The van der Waals surface area contributed by atoms with Crippen LogP contribution in [0.25, 0.3) is 10.9 Å². The molecular formula is C21H29F3N6O2. The Kier molecular flexibility index (Phi) is 7.97. The van der Waals surface area contributed by atoms with Crippen molar-refractivity contribution in [2.45, 2.75) is 25.7 Å². The first kappa shape index (κ1) is 23.9. The van der Waals surface area contributed by atoms with Gasteiger partial charge in [-0.2, -0.15) is 0 Å². The maximum Gasteiger partial charge on any atom is 0.522 e. The molecule has 1 unspecified atom stereocenters. The molecule has 1 aliphatic rings. The fraction of sp³-hybridized carbons (Fsp3) is 0.524. The van der Waals surface area contributed by atoms with Crippen molar-refractivity contribution in [3.8, 4) is 0 Å². The van der Waals surface area contributed by atoms with Crippen LogP contribution in [0.2, 0.25) is 0 Å². The minimum atomic E-state index is -4.61. The number of piperazine rings is 1. The van der Waals surface area contributed by atoms with Gasteiger partial charge in [0.15, 0.2) is 5.96 Å². The molecule has 1 aromatic heterocycles. The minimum Gasteiger partial charge on any atom is -0.361 e. The Morgan fingerprint density at radius 3 is 2.69 bits per heavy atom. The van der Waals surface area contributed by atoms with E-state index in [2.05, 4.69) is 20.4 Å². The fourth-order valence-corrected chi connectivity index (χ4v) is 3.77. The molecule has 11 heteroatoms. The highest BCUT2D eigenvalue weighted by atomic mass is 19.4. The maximum atomic E-state index is 12.3. The number of H-pyrrole nitrogens is 1. The molecule has 0 saturated carbocycles. The SMILES string of the molecule is CC(Cc1c[nH]c2ccccc12)NC(=O)CNC(=N)N1CCN(CCOC(F)(F)F)CC1. The van der Waals surface area contributed by atoms with E-state index in [0.717, 1.165) is 16.5 Å². The van der Waals surface area contributed by atoms with Gasteiger partial charge < -0.3 is 20.5 Å². The average molecular weight is 454 g/mol. The molecule has 3 rings (SSSR count). The Morgan fingerprint density at radius 2 is 1.97 bits per heavy atom. The summed E-state index contributed by atoms with van der Waals surface area (Å²) in [5, 5.41) is 15.0. The summed E-state index contributed by atoms with van der Waals surface area (Å²) in [6, 6.07) is 7.93. The molecule has 1 amide bonds. The Labute approximate surface area is 184 Å². The predicted molar refractivity (Wildman–Crippen MR) is 115 cm³/mol. The zero-order valence-electron chi connectivity index (χ0n) is 18.0. The number of fused-ring (bicyclic) bond motifs is 1. The molecule has 176 valence electrons. The Bertz CT molecular complexity index is 908. The van der Waals surface area contributed by atoms with Crippen LogP contribution >= 0.6 is 0 Å². The van der Waals surface area contributed by atoms with E-state index >= 15 is 0 Å². The van der Waals surface area contributed by atoms with Crippen LogP contribution in [0.4, 0.5) is 13.2 Å². The number of carbonyl (C=O) groups excluding carboxylic acids is 1. The van der Waals surface area contributed by atoms with Gasteiger partial charge in [0.25, 0.3) is 0 Å². The summed E-state index contributed by atoms with van der Waals surface area (Å²) in [6.45, 7) is 3.75. The van der Waals surface area contributed by atoms with Crippen molar-refractivity contribution < 1.29 is 22.7 Å². The van der Waals surface area contributed by atoms with E-state index in [0.29, 0.717) is 32.6 Å². The van der Waals surface area contributed by atoms with E-state index in [4.69, 9.17) is 5.41 Å². The van der Waals surface area contributed by atoms with Crippen LogP contribution in [0, 0.1) is 5.41 Å². The standard InChI is InChI=1S/C21H29F3N6O2/c1-15(12-16-13-26-18-5-3-2-4-17(16)18)28-19(31)14-27-20(25)30-8-6-29(7-9-30)10-11-32-21(22,23)24/h2-5,13,15,26H,6-12,14H2,1H3,(H2,25,27)(H,28,31). The first-order valence-electron chi connectivity index (χ1n) is 10.6. The van der Waals surface area contributed by atoms with Crippen LogP contribution in [0.15, 0.2) is 30.5 Å². The summed E-state index contributed by atoms with van der Waals surface area (Å²) in [5.41, 5.74) is 2.19. The Morgan fingerprint density at radius 1 is 1.25 bits per heavy atom. The molecule has 32 heavy (non-hydrogen) atoms. The molecule has 1 fully saturated rings. The molecule has 2 aromatic rings. The lowest BCUT2D eigenvalue weighted by atomic mass is 10.1. The number of aromatic nitrogens is 1. The third-order valence-electron chi connectivity index (χ3n) is 5.39. The first-order valence-corrected chi connectivity index (χ1v) is 10.6. The molecule has 0 spiro atoms. The van der Waals surface area contributed by atoms with Crippen molar-refractivity contribution in [3.63, 3.8) is 0 Å². The van der Waals surface area contributed by atoms with Gasteiger partial charge in [0, 0.05) is 55.9 Å². The number of nitrogens with one attached hydrogen (secondary N) is 4. The number of amides is 1. The molecule has 0 aliphatic carbocycles. The number of nitrogens with zero attached hydrogens (tertiary/aromatic N) is 2. The second-order valence-electron chi connectivity index (χ2n) is 7.86. The molecular weight excluding hydrogens is 425 g/mol. The highest BCUT2D eigenvalue weighted by Gasteiger charge is 2.29. The molecule has 1 atom stereocenters. The average Bonchev–Trinajstić information content (AvgIpc) is 3.14. The summed E-state index contributed by atoms with van der Waals surface area (Å²) in [6.07, 6.45) is -1.97. The molecule has 8 nitrogen and oxygen atoms in total. The van der Waals surface area contributed by atoms with Crippen molar-refractivity contribution in [2.24, 2.45) is 0 Å². The molecule has 1 saturated heterocycles. The number of guanidine groups is 1. The van der Waals surface area contributed by atoms with Gasteiger partial charge in [-0.3, -0.25) is 19.8 Å². The van der Waals surface area contributed by atoms with E-state index in [1.807, 2.05) is 42.3 Å². The van der Waals surface area contributed by atoms with Gasteiger partial charge in [0.2, 0.25) is 5.91 Å². The number of ether oxygens (including phenoxy) is 1. The summed E-state index contributed by atoms with van der Waals surface area (Å²) in [7, 11) is 0. The summed E-state index contributed by atoms with van der Waals surface area (Å²) in [5.74, 6) is -0.0688. The van der Waals surface area contributed by atoms with E-state index in [1.54, 1.807) is 4.90 Å². The maximum absolute atomic E-state index is 12.3. The molecule has 1 aliphatic heterocycles. The zero-order valence-corrected chi connectivity index (χ0v) is 18.0. The first-order chi connectivity index (χ1) is 15.2. The number of hydrogen-bond acceptors (Lipinski definition) is 4. The van der Waals surface area contributed by atoms with Crippen LogP contribution in [0.3, 0.4) is 0 Å². The van der Waals surface area contributed by atoms with E-state index in [-0.39, 0.29) is 31.0 Å². The number of rotatable bonds is 8. The van der Waals surface area contributed by atoms with Gasteiger partial charge in [-0.25, -0.2) is 0 Å². The number of benzene rings is 1. The van der Waals surface area contributed by atoms with Gasteiger partial charge in [-0.1, -0.05) is 18.2 Å². The van der Waals surface area contributed by atoms with Crippen molar-refractivity contribution in [2.75, 3.05) is 45.9 Å². The third kappa shape index (κ3) is 7.13. The molecule has 0 radical (unpaired) electrons. The lowest BCUT2D eigenvalue weighted by Gasteiger charge is -2.36. The number of halogens is 3. The molecule has 1 aromatic carbocycles. The van der Waals surface area contributed by atoms with Crippen molar-refractivity contribution in [1.82, 2.24) is 25.4 Å². The van der Waals surface area contributed by atoms with Crippen LogP contribution in [-0.4, -0.2) is 84.9 Å². The second kappa shape index (κ2) is 10.7. The predicted octanol–water partition coefficient (Wildman–Crippen LogP) is 1.89. The van der Waals surface area contributed by atoms with E-state index in [9.17, 15) is 18.0 Å². The lowest BCUT2D eigenvalue weighted by Crippen LogP contribution is -2.54. The van der Waals surface area contributed by atoms with E-state index in [1.165, 1.54) is 0 Å². The number of para-hydroxylation sites is 1. The normalized spacial score (nSPS) is 16.2. The third-order valence-corrected chi connectivity index (χ3v) is 5.39. The topological polar surface area (TPSA) is 96.5 Å². The quantitative estimate of drug-likeness (QED) is 0.361. The van der Waals surface area contributed by atoms with Gasteiger partial charge in [-0.05, 0) is 25.0 Å². The smallest absolute Gasteiger partial charge is 0.361 e. The van der Waals surface area contributed by atoms with Crippen LogP contribution < -0.4 is 10.6 Å². The van der Waals surface area contributed by atoms with Gasteiger partial charge in [0.05, 0.1) is 13.2 Å². The van der Waals surface area contributed by atoms with Gasteiger partial charge in [0.1, 0.15) is 0 Å². The van der Waals surface area contributed by atoms with Crippen molar-refractivity contribution in [3.05, 3.63) is 36.0 Å². The van der Waals surface area contributed by atoms with Crippen LogP contribution in [0.1, 0.15) is 12.5 Å². The number of aromatic amines is 1. The number of carbonyl (C=O) groups is 1. The zero-order chi connectivity index (χ0) is 23.1. The molecule has 0 bridgehead atoms. The van der Waals surface area contributed by atoms with Gasteiger partial charge in [-0.15, -0.1) is 13.2 Å². The minimum absolute atomic E-state index is 0.0172. The Balaban J connectivity index is 1.34. The highest BCUT2D eigenvalue weighted by Crippen LogP contribution is 2.19. The summed E-state index contributed by atoms with van der Waals surface area (Å²) >= 11 is 0. The summed E-state index contributed by atoms with van der Waals surface area (Å²) in [4.78, 5) is 19.1. The number of hydrogen-bond donors (Lipinski definition) is 4. The largest absolute Gasteiger partial charge is 0.522 e. The second-order valence-corrected chi connectivity index (χ2v) is 7.86. The molecule has 4 N–H and O–H groups in total. The van der Waals surface area contributed by atoms with Crippen LogP contribution in [-0.2, 0) is 16.0 Å². The van der Waals surface area contributed by atoms with Gasteiger partial charge >= 0.3 is 6.36 Å². The van der Waals surface area contributed by atoms with Crippen molar-refractivity contribution in [1.29, 1.82) is 5.41 Å². The Hall–Kier alpha value is -2.79. The molecule has 2 heterocycles. The fourth-order valence-electron chi connectivity index (χ4n) is 3.77.